The van der Waals surface area contributed by atoms with E-state index in [-0.39, 0.29) is 5.82 Å². The number of nitrogens with one attached hydrogen (secondary N) is 1. The van der Waals surface area contributed by atoms with Gasteiger partial charge in [-0.15, -0.1) is 0 Å². The van der Waals surface area contributed by atoms with Crippen LogP contribution in [0.2, 0.25) is 0 Å². The van der Waals surface area contributed by atoms with Gasteiger partial charge in [-0.2, -0.15) is 0 Å². The molecule has 0 bridgehead atoms. The van der Waals surface area contributed by atoms with E-state index in [1.165, 1.54) is 13.3 Å². The van der Waals surface area contributed by atoms with Crippen LogP contribution in [-0.4, -0.2) is 34.6 Å². The van der Waals surface area contributed by atoms with Gasteiger partial charge in [0.15, 0.2) is 0 Å². The number of carbonyl (C=O) groups is 1. The largest absolute Gasteiger partial charge is 0.463 e. The van der Waals surface area contributed by atoms with Crippen molar-refractivity contribution in [3.8, 4) is 0 Å². The van der Waals surface area contributed by atoms with Crippen molar-refractivity contribution in [3.05, 3.63) is 48.2 Å². The maximum atomic E-state index is 11.3. The topological polar surface area (TPSA) is 77.0 Å². The summed E-state index contributed by atoms with van der Waals surface area (Å²) in [6, 6.07) is 5.61. The summed E-state index contributed by atoms with van der Waals surface area (Å²) in [6.07, 6.45) is 5.91. The number of esters is 1. The second kappa shape index (κ2) is 6.44. The van der Waals surface area contributed by atoms with Gasteiger partial charge in [-0.25, -0.2) is 14.8 Å². The maximum absolute atomic E-state index is 11.3. The molecule has 2 rings (SSSR count). The fourth-order valence-electron chi connectivity index (χ4n) is 1.53. The van der Waals surface area contributed by atoms with Crippen molar-refractivity contribution in [1.29, 1.82) is 0 Å². The Balaban J connectivity index is 1.91. The van der Waals surface area contributed by atoms with Gasteiger partial charge in [-0.05, 0) is 24.1 Å². The van der Waals surface area contributed by atoms with Crippen LogP contribution < -0.4 is 5.32 Å². The molecule has 2 aromatic heterocycles. The van der Waals surface area contributed by atoms with Gasteiger partial charge in [-0.1, -0.05) is 6.07 Å². The van der Waals surface area contributed by atoms with Gasteiger partial charge in [0.1, 0.15) is 5.82 Å². The molecule has 19 heavy (non-hydrogen) atoms. The third kappa shape index (κ3) is 3.74. The zero-order valence-electron chi connectivity index (χ0n) is 10.5. The van der Waals surface area contributed by atoms with Crippen LogP contribution in [0.1, 0.15) is 16.2 Å². The number of pyridine rings is 1. The molecule has 1 N–H and O–H groups in total. The highest BCUT2D eigenvalue weighted by molar-refractivity contribution is 5.85. The molecule has 0 unspecified atom stereocenters. The van der Waals surface area contributed by atoms with Crippen molar-refractivity contribution < 1.29 is 9.53 Å². The number of ether oxygens (including phenoxy) is 1. The van der Waals surface area contributed by atoms with Crippen LogP contribution in [0.5, 0.6) is 0 Å². The maximum Gasteiger partial charge on any atom is 0.376 e. The summed E-state index contributed by atoms with van der Waals surface area (Å²) in [5.41, 5.74) is 1.14. The molecule has 0 amide bonds. The second-order valence-electron chi connectivity index (χ2n) is 3.80. The molecule has 0 saturated heterocycles. The Morgan fingerprint density at radius 3 is 3.00 bits per heavy atom. The van der Waals surface area contributed by atoms with Gasteiger partial charge < -0.3 is 10.1 Å². The van der Waals surface area contributed by atoms with Gasteiger partial charge >= 0.3 is 5.97 Å². The quantitative estimate of drug-likeness (QED) is 0.815. The lowest BCUT2D eigenvalue weighted by molar-refractivity contribution is 0.0587. The van der Waals surface area contributed by atoms with E-state index >= 15 is 0 Å². The molecular formula is C13H14N4O2. The minimum Gasteiger partial charge on any atom is -0.463 e. The predicted molar refractivity (Wildman–Crippen MR) is 69.8 cm³/mol. The zero-order chi connectivity index (χ0) is 13.5. The van der Waals surface area contributed by atoms with Gasteiger partial charge in [0.05, 0.1) is 7.11 Å². The van der Waals surface area contributed by atoms with Crippen molar-refractivity contribution in [2.75, 3.05) is 19.0 Å². The van der Waals surface area contributed by atoms with E-state index in [9.17, 15) is 4.79 Å². The Kier molecular flexibility index (Phi) is 4.39. The number of rotatable bonds is 5. The molecule has 0 saturated carbocycles. The van der Waals surface area contributed by atoms with Crippen LogP contribution in [-0.2, 0) is 11.2 Å². The summed E-state index contributed by atoms with van der Waals surface area (Å²) in [5, 5.41) is 3.13. The fraction of sp³-hybridized carbons (Fsp3) is 0.231. The Labute approximate surface area is 110 Å². The number of methoxy groups -OCH3 is 1. The Morgan fingerprint density at radius 1 is 1.37 bits per heavy atom. The first-order chi connectivity index (χ1) is 9.29. The summed E-state index contributed by atoms with van der Waals surface area (Å²) in [6.45, 7) is 0.698. The number of hydrogen-bond acceptors (Lipinski definition) is 6. The second-order valence-corrected chi connectivity index (χ2v) is 3.80. The normalized spacial score (nSPS) is 9.95. The van der Waals surface area contributed by atoms with E-state index in [0.29, 0.717) is 12.4 Å². The molecular weight excluding hydrogens is 244 g/mol. The third-order valence-electron chi connectivity index (χ3n) is 2.47. The van der Waals surface area contributed by atoms with Gasteiger partial charge in [-0.3, -0.25) is 4.98 Å². The SMILES string of the molecule is COC(=O)c1nccc(NCCc2cccnc2)n1. The van der Waals surface area contributed by atoms with E-state index < -0.39 is 5.97 Å². The molecule has 0 spiro atoms. The summed E-state index contributed by atoms with van der Waals surface area (Å²) in [7, 11) is 1.30. The molecule has 0 radical (unpaired) electrons. The van der Waals surface area contributed by atoms with E-state index in [1.54, 1.807) is 12.3 Å². The average molecular weight is 258 g/mol. The van der Waals surface area contributed by atoms with E-state index in [2.05, 4.69) is 25.0 Å². The minimum absolute atomic E-state index is 0.0499. The first-order valence-corrected chi connectivity index (χ1v) is 5.84. The highest BCUT2D eigenvalue weighted by Gasteiger charge is 2.08. The van der Waals surface area contributed by atoms with E-state index in [4.69, 9.17) is 0 Å². The lowest BCUT2D eigenvalue weighted by Gasteiger charge is -2.06. The van der Waals surface area contributed by atoms with Crippen LogP contribution >= 0.6 is 0 Å². The molecule has 0 fully saturated rings. The van der Waals surface area contributed by atoms with Crippen LogP contribution in [0.4, 0.5) is 5.82 Å². The summed E-state index contributed by atoms with van der Waals surface area (Å²) in [5.74, 6) is 0.101. The number of nitrogens with zero attached hydrogens (tertiary/aromatic N) is 3. The van der Waals surface area contributed by atoms with Crippen LogP contribution in [0, 0.1) is 0 Å². The number of carbonyl (C=O) groups excluding carboxylic acids is 1. The minimum atomic E-state index is -0.545. The smallest absolute Gasteiger partial charge is 0.376 e. The number of hydrogen-bond donors (Lipinski definition) is 1. The van der Waals surface area contributed by atoms with E-state index in [0.717, 1.165) is 12.0 Å². The Morgan fingerprint density at radius 2 is 2.26 bits per heavy atom. The average Bonchev–Trinajstić information content (AvgIpc) is 2.48. The van der Waals surface area contributed by atoms with Crippen LogP contribution in [0.3, 0.4) is 0 Å². The van der Waals surface area contributed by atoms with Gasteiger partial charge in [0.2, 0.25) is 5.82 Å². The molecule has 0 aliphatic heterocycles. The molecule has 98 valence electrons. The van der Waals surface area contributed by atoms with Crippen LogP contribution in [0.15, 0.2) is 36.8 Å². The van der Waals surface area contributed by atoms with Crippen molar-refractivity contribution in [3.63, 3.8) is 0 Å². The molecule has 0 aromatic carbocycles. The highest BCUT2D eigenvalue weighted by Crippen LogP contribution is 2.04. The summed E-state index contributed by atoms with van der Waals surface area (Å²) >= 11 is 0. The summed E-state index contributed by atoms with van der Waals surface area (Å²) < 4.78 is 4.57. The van der Waals surface area contributed by atoms with Crippen LogP contribution in [0.25, 0.3) is 0 Å². The monoisotopic (exact) mass is 258 g/mol. The lowest BCUT2D eigenvalue weighted by Crippen LogP contribution is -2.11. The molecule has 2 heterocycles. The van der Waals surface area contributed by atoms with Crippen molar-refractivity contribution in [2.45, 2.75) is 6.42 Å². The molecule has 6 heteroatoms. The molecule has 6 nitrogen and oxygen atoms in total. The fourth-order valence-corrected chi connectivity index (χ4v) is 1.53. The lowest BCUT2D eigenvalue weighted by atomic mass is 10.2. The molecule has 0 atom stereocenters. The number of anilines is 1. The van der Waals surface area contributed by atoms with Crippen molar-refractivity contribution in [1.82, 2.24) is 15.0 Å². The molecule has 0 aliphatic rings. The number of aromatic nitrogens is 3. The van der Waals surface area contributed by atoms with E-state index in [1.807, 2.05) is 18.3 Å². The van der Waals surface area contributed by atoms with Crippen molar-refractivity contribution >= 4 is 11.8 Å². The third-order valence-corrected chi connectivity index (χ3v) is 2.47. The first-order valence-electron chi connectivity index (χ1n) is 5.84. The van der Waals surface area contributed by atoms with Gasteiger partial charge in [0.25, 0.3) is 0 Å². The first kappa shape index (κ1) is 12.9. The molecule has 0 aliphatic carbocycles. The van der Waals surface area contributed by atoms with Gasteiger partial charge in [0, 0.05) is 25.1 Å². The highest BCUT2D eigenvalue weighted by atomic mass is 16.5. The Hall–Kier alpha value is -2.50. The predicted octanol–water partition coefficient (Wildman–Crippen LogP) is 1.31. The Bertz CT molecular complexity index is 545. The zero-order valence-corrected chi connectivity index (χ0v) is 10.5. The standard InChI is InChI=1S/C13H14N4O2/c1-19-13(18)12-16-8-5-11(17-12)15-7-4-10-3-2-6-14-9-10/h2-3,5-6,8-9H,4,7H2,1H3,(H,15,16,17). The summed E-state index contributed by atoms with van der Waals surface area (Å²) in [4.78, 5) is 23.2. The molecule has 2 aromatic rings. The van der Waals surface area contributed by atoms with Crippen molar-refractivity contribution in [2.24, 2.45) is 0 Å².